The Bertz CT molecular complexity index is 514. The number of nitrogens with one attached hydrogen (secondary N) is 2. The molecular formula is C18H30IN3O2S. The van der Waals surface area contributed by atoms with Gasteiger partial charge in [-0.05, 0) is 56.2 Å². The van der Waals surface area contributed by atoms with Crippen molar-refractivity contribution >= 4 is 41.7 Å². The second kappa shape index (κ2) is 12.5. The summed E-state index contributed by atoms with van der Waals surface area (Å²) >= 11 is 1.97. The van der Waals surface area contributed by atoms with Crippen LogP contribution in [0.15, 0.2) is 29.3 Å². The molecule has 25 heavy (non-hydrogen) atoms. The Hall–Kier alpha value is -0.830. The summed E-state index contributed by atoms with van der Waals surface area (Å²) in [5, 5.41) is 7.68. The van der Waals surface area contributed by atoms with Gasteiger partial charge in [0.25, 0.3) is 0 Å². The van der Waals surface area contributed by atoms with E-state index >= 15 is 0 Å². The summed E-state index contributed by atoms with van der Waals surface area (Å²) in [4.78, 5) is 4.31. The van der Waals surface area contributed by atoms with E-state index in [1.807, 2.05) is 43.1 Å². The number of halogens is 1. The minimum Gasteiger partial charge on any atom is -0.497 e. The Morgan fingerprint density at radius 1 is 1.24 bits per heavy atom. The molecule has 0 radical (unpaired) electrons. The van der Waals surface area contributed by atoms with Gasteiger partial charge in [0.05, 0.1) is 13.7 Å². The molecule has 2 rings (SSSR count). The number of hydrogen-bond donors (Lipinski definition) is 2. The normalized spacial score (nSPS) is 19.9. The lowest BCUT2D eigenvalue weighted by Gasteiger charge is -2.17. The predicted molar refractivity (Wildman–Crippen MR) is 118 cm³/mol. The molecule has 1 aromatic carbocycles. The molecule has 5 nitrogen and oxygen atoms in total. The van der Waals surface area contributed by atoms with Crippen molar-refractivity contribution in [3.05, 3.63) is 24.3 Å². The molecule has 1 aliphatic carbocycles. The molecular weight excluding hydrogens is 449 g/mol. The number of guanidine groups is 1. The Morgan fingerprint density at radius 3 is 2.56 bits per heavy atom. The highest BCUT2D eigenvalue weighted by Crippen LogP contribution is 2.27. The van der Waals surface area contributed by atoms with Crippen molar-refractivity contribution in [1.29, 1.82) is 0 Å². The first-order valence-corrected chi connectivity index (χ1v) is 9.80. The van der Waals surface area contributed by atoms with Crippen LogP contribution in [-0.4, -0.2) is 50.8 Å². The summed E-state index contributed by atoms with van der Waals surface area (Å²) in [6.07, 6.45) is 6.87. The van der Waals surface area contributed by atoms with Crippen molar-refractivity contribution in [2.75, 3.05) is 33.6 Å². The monoisotopic (exact) mass is 479 g/mol. The number of ether oxygens (including phenoxy) is 2. The van der Waals surface area contributed by atoms with Crippen molar-refractivity contribution in [2.24, 2.45) is 4.99 Å². The molecule has 7 heteroatoms. The standard InChI is InChI=1S/C18H29N3O2S.HI/c1-19-18(21-14-5-10-17(13-14)24-3)20-11-4-12-23-16-8-6-15(22-2)7-9-16;/h6-9,14,17H,4-5,10-13H2,1-3H3,(H2,19,20,21);1H. The number of methoxy groups -OCH3 is 1. The van der Waals surface area contributed by atoms with E-state index in [1.54, 1.807) is 7.11 Å². The smallest absolute Gasteiger partial charge is 0.191 e. The zero-order valence-corrected chi connectivity index (χ0v) is 18.4. The fourth-order valence-electron chi connectivity index (χ4n) is 2.81. The van der Waals surface area contributed by atoms with Gasteiger partial charge in [-0.2, -0.15) is 11.8 Å². The first kappa shape index (κ1) is 22.2. The summed E-state index contributed by atoms with van der Waals surface area (Å²) in [6.45, 7) is 1.52. The maximum Gasteiger partial charge on any atom is 0.191 e. The second-order valence-electron chi connectivity index (χ2n) is 5.89. The van der Waals surface area contributed by atoms with Gasteiger partial charge in [-0.1, -0.05) is 0 Å². The molecule has 142 valence electrons. The van der Waals surface area contributed by atoms with Gasteiger partial charge >= 0.3 is 0 Å². The lowest BCUT2D eigenvalue weighted by molar-refractivity contribution is 0.310. The molecule has 1 fully saturated rings. The molecule has 1 aromatic rings. The summed E-state index contributed by atoms with van der Waals surface area (Å²) < 4.78 is 10.9. The van der Waals surface area contributed by atoms with E-state index in [1.165, 1.54) is 19.3 Å². The maximum atomic E-state index is 5.72. The third-order valence-electron chi connectivity index (χ3n) is 4.22. The van der Waals surface area contributed by atoms with Crippen LogP contribution < -0.4 is 20.1 Å². The average Bonchev–Trinajstić information content (AvgIpc) is 3.08. The summed E-state index contributed by atoms with van der Waals surface area (Å²) in [5.41, 5.74) is 0. The summed E-state index contributed by atoms with van der Waals surface area (Å²) in [6, 6.07) is 8.21. The Kier molecular flexibility index (Phi) is 11.1. The van der Waals surface area contributed by atoms with Crippen LogP contribution in [0.5, 0.6) is 11.5 Å². The Morgan fingerprint density at radius 2 is 1.96 bits per heavy atom. The highest BCUT2D eigenvalue weighted by Gasteiger charge is 2.24. The van der Waals surface area contributed by atoms with Gasteiger partial charge in [0, 0.05) is 24.9 Å². The molecule has 0 saturated heterocycles. The highest BCUT2D eigenvalue weighted by atomic mass is 127. The topological polar surface area (TPSA) is 54.9 Å². The molecule has 0 amide bonds. The van der Waals surface area contributed by atoms with Crippen molar-refractivity contribution in [3.8, 4) is 11.5 Å². The lowest BCUT2D eigenvalue weighted by Crippen LogP contribution is -2.43. The van der Waals surface area contributed by atoms with Crippen LogP contribution in [0.3, 0.4) is 0 Å². The van der Waals surface area contributed by atoms with Crippen molar-refractivity contribution in [1.82, 2.24) is 10.6 Å². The van der Waals surface area contributed by atoms with Gasteiger partial charge in [0.2, 0.25) is 0 Å². The second-order valence-corrected chi connectivity index (χ2v) is 7.03. The Balaban J connectivity index is 0.00000312. The maximum absolute atomic E-state index is 5.72. The van der Waals surface area contributed by atoms with Gasteiger partial charge in [-0.3, -0.25) is 4.99 Å². The van der Waals surface area contributed by atoms with Crippen LogP contribution >= 0.6 is 35.7 Å². The SMILES string of the molecule is CN=C(NCCCOc1ccc(OC)cc1)NC1CCC(SC)C1.I. The molecule has 0 spiro atoms. The largest absolute Gasteiger partial charge is 0.497 e. The van der Waals surface area contributed by atoms with Crippen molar-refractivity contribution in [2.45, 2.75) is 37.0 Å². The van der Waals surface area contributed by atoms with Gasteiger partial charge < -0.3 is 20.1 Å². The number of thioether (sulfide) groups is 1. The van der Waals surface area contributed by atoms with E-state index in [2.05, 4.69) is 21.9 Å². The van der Waals surface area contributed by atoms with Gasteiger partial charge in [-0.25, -0.2) is 0 Å². The lowest BCUT2D eigenvalue weighted by atomic mass is 10.2. The van der Waals surface area contributed by atoms with E-state index in [0.29, 0.717) is 12.6 Å². The molecule has 1 aliphatic rings. The molecule has 2 atom stereocenters. The molecule has 0 aliphatic heterocycles. The van der Waals surface area contributed by atoms with E-state index in [9.17, 15) is 0 Å². The van der Waals surface area contributed by atoms with E-state index in [4.69, 9.17) is 9.47 Å². The molecule has 2 unspecified atom stereocenters. The zero-order valence-electron chi connectivity index (χ0n) is 15.3. The number of aliphatic imine (C=N–C) groups is 1. The van der Waals surface area contributed by atoms with E-state index in [-0.39, 0.29) is 24.0 Å². The average molecular weight is 479 g/mol. The first-order chi connectivity index (χ1) is 11.7. The van der Waals surface area contributed by atoms with Crippen LogP contribution in [0, 0.1) is 0 Å². The zero-order chi connectivity index (χ0) is 17.2. The number of rotatable bonds is 8. The Labute approximate surface area is 172 Å². The fourth-order valence-corrected chi connectivity index (χ4v) is 3.61. The van der Waals surface area contributed by atoms with Gasteiger partial charge in [0.1, 0.15) is 11.5 Å². The van der Waals surface area contributed by atoms with Crippen molar-refractivity contribution in [3.63, 3.8) is 0 Å². The van der Waals surface area contributed by atoms with Gasteiger partial charge in [0.15, 0.2) is 5.96 Å². The number of benzene rings is 1. The van der Waals surface area contributed by atoms with Gasteiger partial charge in [-0.15, -0.1) is 24.0 Å². The predicted octanol–water partition coefficient (Wildman–Crippen LogP) is 3.53. The minimum atomic E-state index is 0. The number of hydrogen-bond acceptors (Lipinski definition) is 4. The molecule has 0 heterocycles. The van der Waals surface area contributed by atoms with Crippen LogP contribution in [-0.2, 0) is 0 Å². The third-order valence-corrected chi connectivity index (χ3v) is 5.32. The minimum absolute atomic E-state index is 0. The van der Waals surface area contributed by atoms with E-state index < -0.39 is 0 Å². The fraction of sp³-hybridized carbons (Fsp3) is 0.611. The first-order valence-electron chi connectivity index (χ1n) is 8.52. The molecule has 1 saturated carbocycles. The summed E-state index contributed by atoms with van der Waals surface area (Å²) in [7, 11) is 3.49. The molecule has 0 aromatic heterocycles. The quantitative estimate of drug-likeness (QED) is 0.259. The van der Waals surface area contributed by atoms with Crippen LogP contribution in [0.4, 0.5) is 0 Å². The summed E-state index contributed by atoms with van der Waals surface area (Å²) in [5.74, 6) is 2.60. The van der Waals surface area contributed by atoms with E-state index in [0.717, 1.165) is 35.7 Å². The van der Waals surface area contributed by atoms with Crippen molar-refractivity contribution < 1.29 is 9.47 Å². The van der Waals surface area contributed by atoms with Crippen LogP contribution in [0.2, 0.25) is 0 Å². The number of nitrogens with zero attached hydrogens (tertiary/aromatic N) is 1. The third kappa shape index (κ3) is 7.94. The van der Waals surface area contributed by atoms with Crippen LogP contribution in [0.25, 0.3) is 0 Å². The molecule has 0 bridgehead atoms. The highest BCUT2D eigenvalue weighted by molar-refractivity contribution is 14.0. The van der Waals surface area contributed by atoms with Crippen LogP contribution in [0.1, 0.15) is 25.7 Å². The molecule has 2 N–H and O–H groups in total.